The lowest BCUT2D eigenvalue weighted by Gasteiger charge is -2.34. The van der Waals surface area contributed by atoms with Crippen molar-refractivity contribution in [2.75, 3.05) is 32.4 Å². The Morgan fingerprint density at radius 3 is 2.88 bits per heavy atom. The quantitative estimate of drug-likeness (QED) is 0.799. The molecule has 1 saturated heterocycles. The number of benzene rings is 1. The van der Waals surface area contributed by atoms with E-state index in [1.807, 2.05) is 6.07 Å². The normalized spacial score (nSPS) is 22.6. The lowest BCUT2D eigenvalue weighted by atomic mass is 9.89. The van der Waals surface area contributed by atoms with Crippen LogP contribution < -0.4 is 14.8 Å². The van der Waals surface area contributed by atoms with Gasteiger partial charge in [-0.05, 0) is 19.2 Å². The summed E-state index contributed by atoms with van der Waals surface area (Å²) >= 11 is 0. The summed E-state index contributed by atoms with van der Waals surface area (Å²) in [4.78, 5) is 26.2. The van der Waals surface area contributed by atoms with Crippen LogP contribution in [0.1, 0.15) is 23.2 Å². The van der Waals surface area contributed by atoms with Crippen LogP contribution in [0.3, 0.4) is 0 Å². The molecule has 3 rings (SSSR count). The molecular formula is C16H21N3O5S. The summed E-state index contributed by atoms with van der Waals surface area (Å²) in [6.07, 6.45) is 0.803. The third kappa shape index (κ3) is 3.77. The van der Waals surface area contributed by atoms with Crippen molar-refractivity contribution >= 4 is 21.8 Å². The first-order valence-electron chi connectivity index (χ1n) is 8.09. The number of likely N-dealkylation sites (tertiary alicyclic amines) is 1. The van der Waals surface area contributed by atoms with E-state index in [1.54, 1.807) is 23.1 Å². The first-order valence-corrected chi connectivity index (χ1v) is 9.75. The van der Waals surface area contributed by atoms with E-state index in [4.69, 9.17) is 4.74 Å². The number of ketones is 1. The van der Waals surface area contributed by atoms with E-state index >= 15 is 0 Å². The Bertz CT molecular complexity index is 795. The second-order valence-corrected chi connectivity index (χ2v) is 8.35. The van der Waals surface area contributed by atoms with Crippen LogP contribution in [0.15, 0.2) is 24.3 Å². The summed E-state index contributed by atoms with van der Waals surface area (Å²) in [7, 11) is -2.03. The molecule has 2 aliphatic rings. The lowest BCUT2D eigenvalue weighted by molar-refractivity contribution is 0.0478. The van der Waals surface area contributed by atoms with Gasteiger partial charge in [0.05, 0.1) is 24.3 Å². The molecule has 136 valence electrons. The number of hydrogen-bond donors (Lipinski definition) is 2. The van der Waals surface area contributed by atoms with Crippen molar-refractivity contribution in [3.8, 4) is 5.75 Å². The molecule has 0 radical (unpaired) electrons. The van der Waals surface area contributed by atoms with Gasteiger partial charge < -0.3 is 15.0 Å². The van der Waals surface area contributed by atoms with Gasteiger partial charge in [-0.25, -0.2) is 17.9 Å². The molecule has 1 unspecified atom stereocenters. The zero-order chi connectivity index (χ0) is 18.1. The highest BCUT2D eigenvalue weighted by atomic mass is 32.2. The van der Waals surface area contributed by atoms with Crippen molar-refractivity contribution in [3.63, 3.8) is 0 Å². The number of urea groups is 1. The van der Waals surface area contributed by atoms with Gasteiger partial charge in [0, 0.05) is 19.5 Å². The Kier molecular flexibility index (Phi) is 4.70. The molecule has 1 aromatic carbocycles. The van der Waals surface area contributed by atoms with Gasteiger partial charge in [0.2, 0.25) is 10.0 Å². The molecule has 9 heteroatoms. The molecule has 2 heterocycles. The van der Waals surface area contributed by atoms with Gasteiger partial charge in [0.1, 0.15) is 11.4 Å². The van der Waals surface area contributed by atoms with E-state index in [0.717, 1.165) is 0 Å². The maximum Gasteiger partial charge on any atom is 0.317 e. The van der Waals surface area contributed by atoms with Crippen LogP contribution in [0, 0.1) is 0 Å². The molecule has 8 nitrogen and oxygen atoms in total. The fourth-order valence-corrected chi connectivity index (χ4v) is 3.77. The average Bonchev–Trinajstić information content (AvgIpc) is 2.98. The Morgan fingerprint density at radius 2 is 2.12 bits per heavy atom. The number of carbonyl (C=O) groups is 2. The maximum atomic E-state index is 12.4. The molecule has 0 saturated carbocycles. The fraction of sp³-hybridized carbons (Fsp3) is 0.500. The molecule has 1 spiro atoms. The smallest absolute Gasteiger partial charge is 0.317 e. The molecule has 1 aromatic rings. The zero-order valence-corrected chi connectivity index (χ0v) is 14.8. The number of nitrogens with zero attached hydrogens (tertiary/aromatic N) is 1. The molecule has 1 atom stereocenters. The van der Waals surface area contributed by atoms with Gasteiger partial charge in [-0.15, -0.1) is 0 Å². The van der Waals surface area contributed by atoms with Crippen LogP contribution in [0.2, 0.25) is 0 Å². The number of amides is 2. The van der Waals surface area contributed by atoms with Gasteiger partial charge in [0.25, 0.3) is 0 Å². The summed E-state index contributed by atoms with van der Waals surface area (Å²) in [5.74, 6) is 0.390. The number of nitrogens with one attached hydrogen (secondary N) is 2. The molecule has 0 bridgehead atoms. The van der Waals surface area contributed by atoms with Crippen LogP contribution in [0.25, 0.3) is 0 Å². The molecular weight excluding hydrogens is 346 g/mol. The van der Waals surface area contributed by atoms with E-state index in [2.05, 4.69) is 10.0 Å². The molecule has 2 amide bonds. The number of carbonyl (C=O) groups excluding carboxylic acids is 2. The molecule has 2 aliphatic heterocycles. The molecule has 0 aliphatic carbocycles. The summed E-state index contributed by atoms with van der Waals surface area (Å²) in [6.45, 7) is 0.784. The van der Waals surface area contributed by atoms with Gasteiger partial charge in [-0.2, -0.15) is 0 Å². The second kappa shape index (κ2) is 6.64. The number of hydrogen-bond acceptors (Lipinski definition) is 5. The Labute approximate surface area is 146 Å². The van der Waals surface area contributed by atoms with Crippen molar-refractivity contribution in [1.29, 1.82) is 0 Å². The first kappa shape index (κ1) is 17.7. The molecule has 0 aromatic heterocycles. The average molecular weight is 367 g/mol. The van der Waals surface area contributed by atoms with Crippen LogP contribution in [0.5, 0.6) is 5.75 Å². The fourth-order valence-electron chi connectivity index (χ4n) is 3.19. The minimum atomic E-state index is -3.36. The van der Waals surface area contributed by atoms with Gasteiger partial charge in [-0.3, -0.25) is 4.79 Å². The Hall–Kier alpha value is -2.13. The van der Waals surface area contributed by atoms with E-state index in [1.165, 1.54) is 7.05 Å². The number of ether oxygens (including phenoxy) is 1. The summed E-state index contributed by atoms with van der Waals surface area (Å²) in [6, 6.07) is 6.77. The van der Waals surface area contributed by atoms with Gasteiger partial charge in [0.15, 0.2) is 5.78 Å². The van der Waals surface area contributed by atoms with E-state index in [9.17, 15) is 18.0 Å². The molecule has 25 heavy (non-hydrogen) atoms. The minimum Gasteiger partial charge on any atom is -0.484 e. The standard InChI is InChI=1S/C16H21N3O5S/c1-17-25(22,23)9-7-18-15(21)19-8-6-16(11-19)10-13(20)12-4-2-3-5-14(12)24-16/h2-5,17H,6-11H2,1H3,(H,18,21). The van der Waals surface area contributed by atoms with Crippen molar-refractivity contribution in [3.05, 3.63) is 29.8 Å². The number of para-hydroxylation sites is 1. The third-order valence-electron chi connectivity index (χ3n) is 4.56. The van der Waals surface area contributed by atoms with Crippen LogP contribution in [0.4, 0.5) is 4.79 Å². The van der Waals surface area contributed by atoms with Crippen molar-refractivity contribution in [2.24, 2.45) is 0 Å². The van der Waals surface area contributed by atoms with Crippen molar-refractivity contribution in [2.45, 2.75) is 18.4 Å². The van der Waals surface area contributed by atoms with Crippen LogP contribution in [-0.4, -0.2) is 63.2 Å². The van der Waals surface area contributed by atoms with Crippen LogP contribution in [-0.2, 0) is 10.0 Å². The first-order chi connectivity index (χ1) is 11.8. The largest absolute Gasteiger partial charge is 0.484 e. The van der Waals surface area contributed by atoms with Gasteiger partial charge in [-0.1, -0.05) is 12.1 Å². The number of rotatable bonds is 4. The topological polar surface area (TPSA) is 105 Å². The summed E-state index contributed by atoms with van der Waals surface area (Å²) in [5.41, 5.74) is -0.117. The lowest BCUT2D eigenvalue weighted by Crippen LogP contribution is -2.47. The SMILES string of the molecule is CNS(=O)(=O)CCNC(=O)N1CCC2(CC(=O)c3ccccc3O2)C1. The Morgan fingerprint density at radius 1 is 1.36 bits per heavy atom. The zero-order valence-electron chi connectivity index (χ0n) is 13.9. The highest BCUT2D eigenvalue weighted by Gasteiger charge is 2.46. The number of sulfonamides is 1. The number of fused-ring (bicyclic) bond motifs is 1. The monoisotopic (exact) mass is 367 g/mol. The van der Waals surface area contributed by atoms with E-state index < -0.39 is 15.6 Å². The third-order valence-corrected chi connectivity index (χ3v) is 5.92. The maximum absolute atomic E-state index is 12.4. The predicted molar refractivity (Wildman–Crippen MR) is 91.2 cm³/mol. The van der Waals surface area contributed by atoms with E-state index in [0.29, 0.717) is 30.8 Å². The molecule has 2 N–H and O–H groups in total. The van der Waals surface area contributed by atoms with Gasteiger partial charge >= 0.3 is 6.03 Å². The van der Waals surface area contributed by atoms with E-state index in [-0.39, 0.29) is 30.5 Å². The molecule has 1 fully saturated rings. The highest BCUT2D eigenvalue weighted by molar-refractivity contribution is 7.89. The van der Waals surface area contributed by atoms with Crippen molar-refractivity contribution in [1.82, 2.24) is 14.9 Å². The Balaban J connectivity index is 1.60. The predicted octanol–water partition coefficient (Wildman–Crippen LogP) is 0.355. The minimum absolute atomic E-state index is 0.0178. The summed E-state index contributed by atoms with van der Waals surface area (Å²) < 4.78 is 31.0. The number of Topliss-reactive ketones (excluding diaryl/α,β-unsaturated/α-hetero) is 1. The highest BCUT2D eigenvalue weighted by Crippen LogP contribution is 2.38. The second-order valence-electron chi connectivity index (χ2n) is 6.31. The van der Waals surface area contributed by atoms with Crippen molar-refractivity contribution < 1.29 is 22.7 Å². The van der Waals surface area contributed by atoms with Crippen LogP contribution >= 0.6 is 0 Å². The summed E-state index contributed by atoms with van der Waals surface area (Å²) in [5, 5.41) is 2.59.